The van der Waals surface area contributed by atoms with Crippen molar-refractivity contribution in [2.24, 2.45) is 0 Å². The second kappa shape index (κ2) is 36.8. The van der Waals surface area contributed by atoms with Gasteiger partial charge in [-0.05, 0) is 115 Å². The molecule has 10 heterocycles. The number of pyridine rings is 7. The molecule has 0 radical (unpaired) electrons. The van der Waals surface area contributed by atoms with E-state index in [1.807, 2.05) is 220 Å². The number of rotatable bonds is 15. The number of benzene rings is 14. The normalized spacial score (nSPS) is 11.2. The molecule has 14 aromatic carbocycles. The predicted octanol–water partition coefficient (Wildman–Crippen LogP) is 29.4. The molecule has 14 nitrogen and oxygen atoms in total. The van der Waals surface area contributed by atoms with Crippen molar-refractivity contribution in [3.05, 3.63) is 460 Å². The van der Waals surface area contributed by atoms with Crippen molar-refractivity contribution in [1.29, 1.82) is 0 Å². The minimum atomic E-state index is 0.617. The Balaban J connectivity index is 0.000000118. The van der Waals surface area contributed by atoms with Crippen LogP contribution < -0.4 is 0 Å². The van der Waals surface area contributed by atoms with Crippen molar-refractivity contribution in [2.45, 2.75) is 20.8 Å². The molecular weight excluding hydrogens is 1650 g/mol. The molecule has 0 aliphatic heterocycles. The molecule has 0 fully saturated rings. The van der Waals surface area contributed by atoms with Crippen molar-refractivity contribution in [3.63, 3.8) is 0 Å². The first kappa shape index (κ1) is 82.5. The van der Waals surface area contributed by atoms with Crippen molar-refractivity contribution in [1.82, 2.24) is 69.8 Å². The van der Waals surface area contributed by atoms with Gasteiger partial charge in [-0.1, -0.05) is 376 Å². The summed E-state index contributed by atoms with van der Waals surface area (Å²) < 4.78 is 0. The summed E-state index contributed by atoms with van der Waals surface area (Å²) in [6, 6.07) is 149. The van der Waals surface area contributed by atoms with Crippen LogP contribution in [-0.4, -0.2) is 69.8 Å². The largest absolute Gasteiger partial charge is 0.255 e. The second-order valence-corrected chi connectivity index (χ2v) is 33.1. The summed E-state index contributed by atoms with van der Waals surface area (Å²) in [6.07, 6.45) is 1.79. The minimum absolute atomic E-state index is 0.617. The van der Waals surface area contributed by atoms with Crippen LogP contribution in [0.4, 0.5) is 0 Å². The van der Waals surface area contributed by atoms with Crippen molar-refractivity contribution in [2.75, 3.05) is 0 Å². The van der Waals surface area contributed by atoms with Crippen molar-refractivity contribution < 1.29 is 0 Å². The molecule has 24 rings (SSSR count). The Hall–Kier alpha value is -18.1. The molecule has 636 valence electrons. The Morgan fingerprint density at radius 2 is 0.400 bits per heavy atom. The smallest absolute Gasteiger partial charge is 0.164 e. The van der Waals surface area contributed by atoms with Gasteiger partial charge in [0, 0.05) is 117 Å². The molecule has 0 bridgehead atoms. The maximum Gasteiger partial charge on any atom is 0.164 e. The molecule has 10 aromatic heterocycles. The fourth-order valence-electron chi connectivity index (χ4n) is 17.7. The maximum atomic E-state index is 5.14. The SMILES string of the molecule is Cc1cc(-c2ccccc2-c2cc(-c3ccccc3)nc(-c3ccccc3)n2)c2ccc3ccc(-c4ccccc4)nc3c2n1.Cc1cc(-c2ccccc2-c2nc(-c3ccccc3)cc(-c3ccccc3)n2)c2ccc3ccc(-c4ccccn4)nc3c2n1.Cc1cc(-c2ccccc2-c2nc(-c3ccccc3)nc(-c3ccccc3)n2)c2ccc3ccc(-c4ccccc4)nc3c2n1. The first-order valence-corrected chi connectivity index (χ1v) is 45.0. The van der Waals surface area contributed by atoms with Gasteiger partial charge in [0.15, 0.2) is 29.1 Å². The average molecular weight is 1730 g/mol. The molecule has 0 spiro atoms. The molecule has 14 heteroatoms. The van der Waals surface area contributed by atoms with Crippen LogP contribution in [0, 0.1) is 20.8 Å². The standard InChI is InChI=1S/C41H28N4.2C40H27N5/c1-27-25-35(34-23-21-30-22-24-36(28-13-5-2-6-14-28)43-39(30)40(34)42-27)32-19-11-12-20-33(32)38-26-37(29-15-7-3-8-16-29)44-41(45-38)31-17-9-4-10-18-31;1-26-25-34(32-23-21-28-22-24-35(27-13-5-2-6-14-27)42-36(28)37(32)41-26)31-19-11-12-20-33(31)40-44-38(29-15-7-3-8-16-29)43-39(45-40)30-17-9-4-10-18-30;1-26-24-33(31-21-19-29-20-22-35(34-18-10-11-23-41-34)43-38(29)39(31)42-26)30-16-8-9-17-32(30)40-44-36(27-12-4-2-5-13-27)25-37(45-40)28-14-6-3-7-15-28/h2-26H,1H3;2*2-25H,1H3. The van der Waals surface area contributed by atoms with E-state index < -0.39 is 0 Å². The highest BCUT2D eigenvalue weighted by Crippen LogP contribution is 2.44. The van der Waals surface area contributed by atoms with E-state index in [0.717, 1.165) is 223 Å². The number of nitrogens with zero attached hydrogens (tertiary/aromatic N) is 14. The summed E-state index contributed by atoms with van der Waals surface area (Å²) in [5.41, 5.74) is 32.5. The minimum Gasteiger partial charge on any atom is -0.255 e. The highest BCUT2D eigenvalue weighted by atomic mass is 15.0. The van der Waals surface area contributed by atoms with Crippen LogP contribution in [0.25, 0.3) is 235 Å². The second-order valence-electron chi connectivity index (χ2n) is 33.1. The number of hydrogen-bond donors (Lipinski definition) is 0. The van der Waals surface area contributed by atoms with Crippen LogP contribution >= 0.6 is 0 Å². The van der Waals surface area contributed by atoms with E-state index in [2.05, 4.69) is 242 Å². The van der Waals surface area contributed by atoms with Crippen molar-refractivity contribution >= 4 is 65.4 Å². The molecule has 0 saturated carbocycles. The first-order chi connectivity index (χ1) is 66.6. The van der Waals surface area contributed by atoms with Gasteiger partial charge in [0.1, 0.15) is 0 Å². The van der Waals surface area contributed by atoms with Crippen LogP contribution in [0.3, 0.4) is 0 Å². The van der Waals surface area contributed by atoms with Gasteiger partial charge < -0.3 is 0 Å². The fraction of sp³-hybridized carbons (Fsp3) is 0.0248. The highest BCUT2D eigenvalue weighted by molar-refractivity contribution is 6.13. The molecule has 0 unspecified atom stereocenters. The number of aryl methyl sites for hydroxylation is 3. The van der Waals surface area contributed by atoms with E-state index in [1.54, 1.807) is 6.20 Å². The topological polar surface area (TPSA) is 180 Å². The van der Waals surface area contributed by atoms with Crippen LogP contribution in [0.15, 0.2) is 443 Å². The van der Waals surface area contributed by atoms with E-state index in [9.17, 15) is 0 Å². The predicted molar refractivity (Wildman–Crippen MR) is 549 cm³/mol. The van der Waals surface area contributed by atoms with E-state index in [4.69, 9.17) is 64.8 Å². The summed E-state index contributed by atoms with van der Waals surface area (Å²) in [4.78, 5) is 70.3. The number of aromatic nitrogens is 14. The maximum absolute atomic E-state index is 5.14. The van der Waals surface area contributed by atoms with E-state index in [0.29, 0.717) is 29.1 Å². The molecule has 0 saturated heterocycles. The summed E-state index contributed by atoms with van der Waals surface area (Å²) in [6.45, 7) is 6.12. The third-order valence-corrected chi connectivity index (χ3v) is 24.2. The van der Waals surface area contributed by atoms with Gasteiger partial charge in [-0.25, -0.2) is 49.8 Å². The zero-order valence-corrected chi connectivity index (χ0v) is 73.9. The van der Waals surface area contributed by atoms with Gasteiger partial charge in [0.25, 0.3) is 0 Å². The van der Waals surface area contributed by atoms with E-state index >= 15 is 0 Å². The average Bonchev–Trinajstić information content (AvgIpc) is 0.756. The Morgan fingerprint density at radius 3 is 0.763 bits per heavy atom. The first-order valence-electron chi connectivity index (χ1n) is 45.0. The van der Waals surface area contributed by atoms with Gasteiger partial charge in [0.05, 0.1) is 78.7 Å². The molecule has 0 atom stereocenters. The van der Waals surface area contributed by atoms with E-state index in [1.165, 1.54) is 0 Å². The molecule has 24 aromatic rings. The zero-order valence-electron chi connectivity index (χ0n) is 73.9. The Bertz CT molecular complexity index is 7580. The summed E-state index contributed by atoms with van der Waals surface area (Å²) >= 11 is 0. The Labute approximate surface area is 780 Å². The third kappa shape index (κ3) is 17.0. The lowest BCUT2D eigenvalue weighted by Gasteiger charge is -2.15. The number of fused-ring (bicyclic) bond motifs is 9. The summed E-state index contributed by atoms with van der Waals surface area (Å²) in [7, 11) is 0. The van der Waals surface area contributed by atoms with Gasteiger partial charge in [-0.3, -0.25) is 19.9 Å². The molecule has 0 aliphatic rings. The molecular formula is C121H82N14. The van der Waals surface area contributed by atoms with Crippen LogP contribution in [0.5, 0.6) is 0 Å². The lowest BCUT2D eigenvalue weighted by Crippen LogP contribution is -2.01. The quantitative estimate of drug-likeness (QED) is 0.0884. The summed E-state index contributed by atoms with van der Waals surface area (Å²) in [5, 5.41) is 6.25. The van der Waals surface area contributed by atoms with Gasteiger partial charge in [0.2, 0.25) is 0 Å². The molecule has 0 aliphatic carbocycles. The molecule has 135 heavy (non-hydrogen) atoms. The number of hydrogen-bond acceptors (Lipinski definition) is 14. The Kier molecular flexibility index (Phi) is 22.5. The van der Waals surface area contributed by atoms with Gasteiger partial charge in [-0.2, -0.15) is 0 Å². The van der Waals surface area contributed by atoms with Crippen LogP contribution in [0.1, 0.15) is 17.1 Å². The Morgan fingerprint density at radius 1 is 0.141 bits per heavy atom. The fourth-order valence-corrected chi connectivity index (χ4v) is 17.7. The van der Waals surface area contributed by atoms with Crippen LogP contribution in [0.2, 0.25) is 0 Å². The zero-order chi connectivity index (χ0) is 90.5. The van der Waals surface area contributed by atoms with Crippen LogP contribution in [-0.2, 0) is 0 Å². The van der Waals surface area contributed by atoms with Gasteiger partial charge in [-0.15, -0.1) is 0 Å². The lowest BCUT2D eigenvalue weighted by atomic mass is 9.93. The highest BCUT2D eigenvalue weighted by Gasteiger charge is 2.24. The lowest BCUT2D eigenvalue weighted by molar-refractivity contribution is 1.07. The van der Waals surface area contributed by atoms with E-state index in [-0.39, 0.29) is 0 Å². The monoisotopic (exact) mass is 1730 g/mol. The third-order valence-electron chi connectivity index (χ3n) is 24.2. The van der Waals surface area contributed by atoms with Gasteiger partial charge >= 0.3 is 0 Å². The molecule has 0 N–H and O–H groups in total. The molecule has 0 amide bonds. The summed E-state index contributed by atoms with van der Waals surface area (Å²) in [5.74, 6) is 3.25. The van der Waals surface area contributed by atoms with Crippen molar-refractivity contribution in [3.8, 4) is 169 Å².